The number of unbranched alkanes of at least 4 members (excludes halogenated alkanes) is 3. The van der Waals surface area contributed by atoms with Crippen molar-refractivity contribution in [2.75, 3.05) is 24.4 Å². The van der Waals surface area contributed by atoms with Gasteiger partial charge >= 0.3 is 0 Å². The topological polar surface area (TPSA) is 76.7 Å². The summed E-state index contributed by atoms with van der Waals surface area (Å²) in [5.74, 6) is 1.08. The third kappa shape index (κ3) is 6.48. The number of nitrogens with one attached hydrogen (secondary N) is 2. The molecule has 0 spiro atoms. The zero-order valence-corrected chi connectivity index (χ0v) is 18.6. The highest BCUT2D eigenvalue weighted by atomic mass is 16.5. The first-order chi connectivity index (χ1) is 15.0. The minimum atomic E-state index is -0.249. The van der Waals surface area contributed by atoms with E-state index in [4.69, 9.17) is 9.47 Å². The number of methoxy groups -OCH3 is 1. The zero-order valence-electron chi connectivity index (χ0n) is 18.6. The normalized spacial score (nSPS) is 12.9. The van der Waals surface area contributed by atoms with Crippen LogP contribution in [0.1, 0.15) is 61.4 Å². The second-order valence-electron chi connectivity index (χ2n) is 8.02. The van der Waals surface area contributed by atoms with E-state index in [-0.39, 0.29) is 17.7 Å². The summed E-state index contributed by atoms with van der Waals surface area (Å²) in [6, 6.07) is 10.7. The number of carbonyl (C=O) groups is 2. The number of amides is 2. The van der Waals surface area contributed by atoms with Crippen LogP contribution in [0.25, 0.3) is 0 Å². The Balaban J connectivity index is 1.64. The first-order valence-corrected chi connectivity index (χ1v) is 11.1. The molecule has 31 heavy (non-hydrogen) atoms. The lowest BCUT2D eigenvalue weighted by Gasteiger charge is -2.14. The highest BCUT2D eigenvalue weighted by molar-refractivity contribution is 6.05. The van der Waals surface area contributed by atoms with Gasteiger partial charge in [0.15, 0.2) is 11.5 Å². The summed E-state index contributed by atoms with van der Waals surface area (Å²) >= 11 is 0. The molecule has 6 heteroatoms. The molecule has 1 aliphatic carbocycles. The summed E-state index contributed by atoms with van der Waals surface area (Å²) < 4.78 is 11.3. The van der Waals surface area contributed by atoms with Gasteiger partial charge in [0.25, 0.3) is 5.91 Å². The van der Waals surface area contributed by atoms with Crippen molar-refractivity contribution >= 4 is 23.2 Å². The maximum atomic E-state index is 12.8. The smallest absolute Gasteiger partial charge is 0.255 e. The van der Waals surface area contributed by atoms with Gasteiger partial charge in [0, 0.05) is 22.9 Å². The largest absolute Gasteiger partial charge is 0.493 e. The predicted molar refractivity (Wildman–Crippen MR) is 123 cm³/mol. The first-order valence-electron chi connectivity index (χ1n) is 11.1. The summed E-state index contributed by atoms with van der Waals surface area (Å²) in [6.45, 7) is 4.72. The molecule has 3 rings (SSSR count). The molecular formula is C25H32N2O4. The number of hydrogen-bond acceptors (Lipinski definition) is 4. The van der Waals surface area contributed by atoms with Gasteiger partial charge < -0.3 is 20.1 Å². The molecule has 1 saturated carbocycles. The molecule has 0 aliphatic heterocycles. The van der Waals surface area contributed by atoms with E-state index in [1.54, 1.807) is 31.4 Å². The average molecular weight is 425 g/mol. The molecule has 6 nitrogen and oxygen atoms in total. The molecule has 2 N–H and O–H groups in total. The molecule has 1 fully saturated rings. The van der Waals surface area contributed by atoms with Crippen LogP contribution in [-0.4, -0.2) is 25.5 Å². The third-order valence-corrected chi connectivity index (χ3v) is 5.38. The minimum Gasteiger partial charge on any atom is -0.493 e. The lowest BCUT2D eigenvalue weighted by Crippen LogP contribution is -2.15. The van der Waals surface area contributed by atoms with Crippen LogP contribution in [-0.2, 0) is 4.79 Å². The molecule has 0 radical (unpaired) electrons. The van der Waals surface area contributed by atoms with Gasteiger partial charge in [-0.05, 0) is 62.1 Å². The maximum Gasteiger partial charge on any atom is 0.255 e. The van der Waals surface area contributed by atoms with Gasteiger partial charge in [0.2, 0.25) is 5.91 Å². The number of carbonyl (C=O) groups excluding carboxylic acids is 2. The highest BCUT2D eigenvalue weighted by Gasteiger charge is 2.29. The summed E-state index contributed by atoms with van der Waals surface area (Å²) in [7, 11) is 1.57. The summed E-state index contributed by atoms with van der Waals surface area (Å²) in [6.07, 6.45) is 6.40. The van der Waals surface area contributed by atoms with Crippen LogP contribution >= 0.6 is 0 Å². The van der Waals surface area contributed by atoms with Gasteiger partial charge in [0.05, 0.1) is 13.7 Å². The number of aryl methyl sites for hydroxylation is 1. The molecule has 2 aromatic carbocycles. The Morgan fingerprint density at radius 2 is 1.81 bits per heavy atom. The van der Waals surface area contributed by atoms with E-state index in [9.17, 15) is 9.59 Å². The SMILES string of the molecule is CCCCCCOc1ccc(C(=O)Nc2cc(NC(=O)C3CC3)ccc2C)cc1OC. The Morgan fingerprint density at radius 3 is 2.52 bits per heavy atom. The van der Waals surface area contributed by atoms with Crippen molar-refractivity contribution in [3.8, 4) is 11.5 Å². The van der Waals surface area contributed by atoms with Crippen LogP contribution < -0.4 is 20.1 Å². The van der Waals surface area contributed by atoms with Crippen molar-refractivity contribution in [3.63, 3.8) is 0 Å². The van der Waals surface area contributed by atoms with Crippen molar-refractivity contribution in [3.05, 3.63) is 47.5 Å². The standard InChI is InChI=1S/C25H32N2O4/c1-4-5-6-7-14-31-22-13-11-19(15-23(22)30-3)25(29)27-21-16-20(12-8-17(21)2)26-24(28)18-9-10-18/h8,11-13,15-16,18H,4-7,9-10,14H2,1-3H3,(H,26,28)(H,27,29). The molecule has 0 aromatic heterocycles. The van der Waals surface area contributed by atoms with E-state index < -0.39 is 0 Å². The Morgan fingerprint density at radius 1 is 1.00 bits per heavy atom. The Kier molecular flexibility index (Phi) is 7.93. The molecule has 0 heterocycles. The van der Waals surface area contributed by atoms with Gasteiger partial charge in [-0.15, -0.1) is 0 Å². The van der Waals surface area contributed by atoms with Crippen LogP contribution in [0.2, 0.25) is 0 Å². The lowest BCUT2D eigenvalue weighted by atomic mass is 10.1. The van der Waals surface area contributed by atoms with Crippen LogP contribution in [0.3, 0.4) is 0 Å². The van der Waals surface area contributed by atoms with E-state index in [1.807, 2.05) is 19.1 Å². The number of anilines is 2. The van der Waals surface area contributed by atoms with E-state index >= 15 is 0 Å². The molecule has 166 valence electrons. The van der Waals surface area contributed by atoms with Gasteiger partial charge in [0.1, 0.15) is 0 Å². The molecule has 1 aliphatic rings. The molecule has 2 aromatic rings. The van der Waals surface area contributed by atoms with Crippen molar-refractivity contribution in [1.29, 1.82) is 0 Å². The monoisotopic (exact) mass is 424 g/mol. The van der Waals surface area contributed by atoms with Crippen molar-refractivity contribution in [2.45, 2.75) is 52.4 Å². The Bertz CT molecular complexity index is 922. The van der Waals surface area contributed by atoms with Crippen LogP contribution in [0.15, 0.2) is 36.4 Å². The Hall–Kier alpha value is -3.02. The molecule has 0 atom stereocenters. The first kappa shape index (κ1) is 22.7. The fraction of sp³-hybridized carbons (Fsp3) is 0.440. The third-order valence-electron chi connectivity index (χ3n) is 5.38. The molecule has 2 amide bonds. The molecule has 0 unspecified atom stereocenters. The van der Waals surface area contributed by atoms with E-state index in [0.29, 0.717) is 35.0 Å². The van der Waals surface area contributed by atoms with Gasteiger partial charge in [-0.1, -0.05) is 32.3 Å². The quantitative estimate of drug-likeness (QED) is 0.463. The van der Waals surface area contributed by atoms with E-state index in [2.05, 4.69) is 17.6 Å². The zero-order chi connectivity index (χ0) is 22.2. The number of hydrogen-bond donors (Lipinski definition) is 2. The van der Waals surface area contributed by atoms with Crippen molar-refractivity contribution in [2.24, 2.45) is 5.92 Å². The van der Waals surface area contributed by atoms with E-state index in [1.165, 1.54) is 12.8 Å². The summed E-state index contributed by atoms with van der Waals surface area (Å²) in [4.78, 5) is 24.9. The average Bonchev–Trinajstić information content (AvgIpc) is 3.61. The van der Waals surface area contributed by atoms with E-state index in [0.717, 1.165) is 31.2 Å². The second kappa shape index (κ2) is 10.8. The lowest BCUT2D eigenvalue weighted by molar-refractivity contribution is -0.117. The maximum absolute atomic E-state index is 12.8. The fourth-order valence-electron chi connectivity index (χ4n) is 3.26. The minimum absolute atomic E-state index is 0.0381. The number of ether oxygens (including phenoxy) is 2. The van der Waals surface area contributed by atoms with Crippen LogP contribution in [0.4, 0.5) is 11.4 Å². The van der Waals surface area contributed by atoms with Crippen molar-refractivity contribution in [1.82, 2.24) is 0 Å². The molecule has 0 saturated heterocycles. The Labute approximate surface area is 184 Å². The van der Waals surface area contributed by atoms with Crippen LogP contribution in [0, 0.1) is 12.8 Å². The predicted octanol–water partition coefficient (Wildman–Crippen LogP) is 5.56. The van der Waals surface area contributed by atoms with Gasteiger partial charge in [-0.2, -0.15) is 0 Å². The van der Waals surface area contributed by atoms with Gasteiger partial charge in [-0.3, -0.25) is 9.59 Å². The fourth-order valence-corrected chi connectivity index (χ4v) is 3.26. The van der Waals surface area contributed by atoms with Crippen LogP contribution in [0.5, 0.6) is 11.5 Å². The van der Waals surface area contributed by atoms with Gasteiger partial charge in [-0.25, -0.2) is 0 Å². The second-order valence-corrected chi connectivity index (χ2v) is 8.02. The van der Waals surface area contributed by atoms with Crippen molar-refractivity contribution < 1.29 is 19.1 Å². The number of rotatable bonds is 11. The molecular weight excluding hydrogens is 392 g/mol. The summed E-state index contributed by atoms with van der Waals surface area (Å²) in [5, 5.41) is 5.85. The summed E-state index contributed by atoms with van der Waals surface area (Å²) in [5.41, 5.74) is 2.73. The molecule has 0 bridgehead atoms. The number of benzene rings is 2. The highest BCUT2D eigenvalue weighted by Crippen LogP contribution is 2.31.